The third-order valence-electron chi connectivity index (χ3n) is 4.04. The zero-order valence-electron chi connectivity index (χ0n) is 13.8. The standard InChI is InChI=1S/C17H20FN3OS.2ClH/c1-11-8-13(6-7-19-11)20-17(22)15-10-23-16(21-15)9-12-4-2-3-5-14(12)18;;/h2-5,10-11,13,19H,6-9H2,1H3,(H,20,22);2*1H. The Morgan fingerprint density at radius 1 is 1.40 bits per heavy atom. The van der Waals surface area contributed by atoms with Crippen LogP contribution in [0.5, 0.6) is 0 Å². The molecule has 1 aromatic carbocycles. The van der Waals surface area contributed by atoms with E-state index in [1.165, 1.54) is 17.4 Å². The van der Waals surface area contributed by atoms with Crippen LogP contribution in [0.2, 0.25) is 0 Å². The minimum Gasteiger partial charge on any atom is -0.348 e. The quantitative estimate of drug-likeness (QED) is 0.816. The van der Waals surface area contributed by atoms with E-state index in [4.69, 9.17) is 0 Å². The van der Waals surface area contributed by atoms with Crippen molar-refractivity contribution in [2.45, 2.75) is 38.3 Å². The molecule has 1 saturated heterocycles. The first kappa shape index (κ1) is 21.8. The molecule has 2 atom stereocenters. The molecule has 1 amide bonds. The number of benzene rings is 1. The van der Waals surface area contributed by atoms with E-state index in [1.807, 2.05) is 0 Å². The molecule has 0 saturated carbocycles. The Bertz CT molecular complexity index is 698. The van der Waals surface area contributed by atoms with Gasteiger partial charge in [0, 0.05) is 23.9 Å². The van der Waals surface area contributed by atoms with Gasteiger partial charge in [0.15, 0.2) is 0 Å². The molecule has 1 aromatic heterocycles. The molecule has 2 heterocycles. The molecule has 0 radical (unpaired) electrons. The average molecular weight is 406 g/mol. The molecule has 0 spiro atoms. The Morgan fingerprint density at radius 2 is 2.16 bits per heavy atom. The van der Waals surface area contributed by atoms with Crippen LogP contribution in [0, 0.1) is 5.82 Å². The maximum atomic E-state index is 13.7. The number of nitrogens with one attached hydrogen (secondary N) is 2. The predicted molar refractivity (Wildman–Crippen MR) is 104 cm³/mol. The van der Waals surface area contributed by atoms with E-state index < -0.39 is 0 Å². The molecule has 1 fully saturated rings. The van der Waals surface area contributed by atoms with E-state index in [2.05, 4.69) is 22.5 Å². The van der Waals surface area contributed by atoms with Gasteiger partial charge in [-0.3, -0.25) is 4.79 Å². The van der Waals surface area contributed by atoms with Crippen molar-refractivity contribution >= 4 is 42.1 Å². The second kappa shape index (κ2) is 10.1. The fourth-order valence-electron chi connectivity index (χ4n) is 2.82. The van der Waals surface area contributed by atoms with E-state index in [9.17, 15) is 9.18 Å². The van der Waals surface area contributed by atoms with Gasteiger partial charge in [0.25, 0.3) is 5.91 Å². The van der Waals surface area contributed by atoms with E-state index in [-0.39, 0.29) is 42.6 Å². The number of hydrogen-bond acceptors (Lipinski definition) is 4. The average Bonchev–Trinajstić information content (AvgIpc) is 2.98. The monoisotopic (exact) mass is 405 g/mol. The van der Waals surface area contributed by atoms with Crippen LogP contribution in [0.1, 0.15) is 40.8 Å². The van der Waals surface area contributed by atoms with Crippen LogP contribution < -0.4 is 10.6 Å². The van der Waals surface area contributed by atoms with Crippen LogP contribution in [-0.4, -0.2) is 29.5 Å². The lowest BCUT2D eigenvalue weighted by Gasteiger charge is -2.28. The highest BCUT2D eigenvalue weighted by Gasteiger charge is 2.21. The maximum absolute atomic E-state index is 13.7. The Labute approximate surface area is 163 Å². The van der Waals surface area contributed by atoms with Gasteiger partial charge in [-0.15, -0.1) is 36.2 Å². The Hall–Kier alpha value is -1.21. The second-order valence-corrected chi connectivity index (χ2v) is 6.89. The number of nitrogens with zero attached hydrogens (tertiary/aromatic N) is 1. The Balaban J connectivity index is 0.00000156. The van der Waals surface area contributed by atoms with Gasteiger partial charge < -0.3 is 10.6 Å². The van der Waals surface area contributed by atoms with Crippen LogP contribution in [0.25, 0.3) is 0 Å². The molecule has 1 aliphatic rings. The SMILES string of the molecule is CC1CC(NC(=O)c2csc(Cc3ccccc3F)n2)CCN1.Cl.Cl. The van der Waals surface area contributed by atoms with Crippen LogP contribution in [0.3, 0.4) is 0 Å². The molecule has 2 aromatic rings. The minimum absolute atomic E-state index is 0. The molecule has 25 heavy (non-hydrogen) atoms. The molecular formula is C17H22Cl2FN3OS. The third-order valence-corrected chi connectivity index (χ3v) is 4.89. The normalized spacial score (nSPS) is 19.4. The molecule has 4 nitrogen and oxygen atoms in total. The summed E-state index contributed by atoms with van der Waals surface area (Å²) >= 11 is 1.39. The van der Waals surface area contributed by atoms with Gasteiger partial charge in [-0.25, -0.2) is 9.37 Å². The van der Waals surface area contributed by atoms with Gasteiger partial charge in [0.05, 0.1) is 5.01 Å². The Morgan fingerprint density at radius 3 is 2.88 bits per heavy atom. The molecule has 0 bridgehead atoms. The van der Waals surface area contributed by atoms with Crippen LogP contribution in [-0.2, 0) is 6.42 Å². The molecule has 2 unspecified atom stereocenters. The summed E-state index contributed by atoms with van der Waals surface area (Å²) in [5, 5.41) is 8.90. The van der Waals surface area contributed by atoms with Crippen molar-refractivity contribution in [1.29, 1.82) is 0 Å². The summed E-state index contributed by atoms with van der Waals surface area (Å²) in [7, 11) is 0. The first-order valence-corrected chi connectivity index (χ1v) is 8.72. The van der Waals surface area contributed by atoms with Crippen molar-refractivity contribution in [2.24, 2.45) is 0 Å². The highest BCUT2D eigenvalue weighted by Crippen LogP contribution is 2.17. The first-order valence-electron chi connectivity index (χ1n) is 7.84. The first-order chi connectivity index (χ1) is 11.1. The van der Waals surface area contributed by atoms with E-state index in [0.29, 0.717) is 23.7 Å². The van der Waals surface area contributed by atoms with Gasteiger partial charge in [-0.2, -0.15) is 0 Å². The lowest BCUT2D eigenvalue weighted by molar-refractivity contribution is 0.0921. The van der Waals surface area contributed by atoms with Crippen molar-refractivity contribution in [1.82, 2.24) is 15.6 Å². The number of carbonyl (C=O) groups excluding carboxylic acids is 1. The lowest BCUT2D eigenvalue weighted by atomic mass is 10.0. The van der Waals surface area contributed by atoms with Gasteiger partial charge in [-0.1, -0.05) is 18.2 Å². The number of halogens is 3. The summed E-state index contributed by atoms with van der Waals surface area (Å²) in [5.74, 6) is -0.377. The van der Waals surface area contributed by atoms with Crippen LogP contribution >= 0.6 is 36.2 Å². The van der Waals surface area contributed by atoms with Gasteiger partial charge >= 0.3 is 0 Å². The fraction of sp³-hybridized carbons (Fsp3) is 0.412. The van der Waals surface area contributed by atoms with Gasteiger partial charge in [0.2, 0.25) is 0 Å². The summed E-state index contributed by atoms with van der Waals surface area (Å²) in [6.07, 6.45) is 2.27. The summed E-state index contributed by atoms with van der Waals surface area (Å²) in [6.45, 7) is 3.04. The van der Waals surface area contributed by atoms with Crippen molar-refractivity contribution in [3.8, 4) is 0 Å². The largest absolute Gasteiger partial charge is 0.348 e. The van der Waals surface area contributed by atoms with Crippen molar-refractivity contribution < 1.29 is 9.18 Å². The van der Waals surface area contributed by atoms with Crippen molar-refractivity contribution in [2.75, 3.05) is 6.54 Å². The second-order valence-electron chi connectivity index (χ2n) is 5.94. The number of aromatic nitrogens is 1. The van der Waals surface area contributed by atoms with Gasteiger partial charge in [-0.05, 0) is 37.9 Å². The third kappa shape index (κ3) is 5.92. The number of amides is 1. The van der Waals surface area contributed by atoms with Gasteiger partial charge in [0.1, 0.15) is 11.5 Å². The fourth-order valence-corrected chi connectivity index (χ4v) is 3.62. The molecular weight excluding hydrogens is 384 g/mol. The number of carbonyl (C=O) groups is 1. The number of hydrogen-bond donors (Lipinski definition) is 2. The van der Waals surface area contributed by atoms with E-state index in [0.717, 1.165) is 24.4 Å². The predicted octanol–water partition coefficient (Wildman–Crippen LogP) is 3.59. The molecule has 8 heteroatoms. The highest BCUT2D eigenvalue weighted by atomic mass is 35.5. The summed E-state index contributed by atoms with van der Waals surface area (Å²) < 4.78 is 13.7. The molecule has 138 valence electrons. The molecule has 2 N–H and O–H groups in total. The number of thiazole rings is 1. The topological polar surface area (TPSA) is 54.0 Å². The summed E-state index contributed by atoms with van der Waals surface area (Å²) in [6, 6.07) is 7.26. The number of piperidine rings is 1. The molecule has 1 aliphatic heterocycles. The smallest absolute Gasteiger partial charge is 0.270 e. The zero-order chi connectivity index (χ0) is 16.2. The number of rotatable bonds is 4. The summed E-state index contributed by atoms with van der Waals surface area (Å²) in [4.78, 5) is 16.6. The summed E-state index contributed by atoms with van der Waals surface area (Å²) in [5.41, 5.74) is 1.02. The Kier molecular flexibility index (Phi) is 8.79. The van der Waals surface area contributed by atoms with E-state index >= 15 is 0 Å². The maximum Gasteiger partial charge on any atom is 0.270 e. The highest BCUT2D eigenvalue weighted by molar-refractivity contribution is 7.09. The zero-order valence-corrected chi connectivity index (χ0v) is 16.3. The van der Waals surface area contributed by atoms with Crippen LogP contribution in [0.15, 0.2) is 29.6 Å². The molecule has 0 aliphatic carbocycles. The molecule has 3 rings (SSSR count). The van der Waals surface area contributed by atoms with E-state index in [1.54, 1.807) is 23.6 Å². The van der Waals surface area contributed by atoms with Crippen LogP contribution in [0.4, 0.5) is 4.39 Å². The lowest BCUT2D eigenvalue weighted by Crippen LogP contribution is -2.46. The van der Waals surface area contributed by atoms with Crippen molar-refractivity contribution in [3.63, 3.8) is 0 Å². The van der Waals surface area contributed by atoms with Crippen molar-refractivity contribution in [3.05, 3.63) is 51.7 Å². The minimum atomic E-state index is -0.239.